The molecule has 0 amide bonds. The second-order valence-corrected chi connectivity index (χ2v) is 5.35. The van der Waals surface area contributed by atoms with Crippen molar-refractivity contribution in [3.05, 3.63) is 40.3 Å². The topological polar surface area (TPSA) is 52.0 Å². The van der Waals surface area contributed by atoms with Crippen LogP contribution in [0.2, 0.25) is 0 Å². The Bertz CT molecular complexity index is 344. The molecule has 0 spiro atoms. The molecule has 0 saturated carbocycles. The van der Waals surface area contributed by atoms with Crippen LogP contribution in [-0.2, 0) is 6.54 Å². The number of azide groups is 1. The Morgan fingerprint density at radius 2 is 2.14 bits per heavy atom. The number of nitrogens with zero attached hydrogens (tertiary/aromatic N) is 4. The van der Waals surface area contributed by atoms with Crippen LogP contribution in [0.5, 0.6) is 0 Å². The zero-order valence-corrected chi connectivity index (χ0v) is 10.5. The maximum atomic E-state index is 8.28. The third kappa shape index (κ3) is 3.57. The van der Waals surface area contributed by atoms with E-state index >= 15 is 0 Å². The van der Waals surface area contributed by atoms with E-state index in [-0.39, 0.29) is 0 Å². The van der Waals surface area contributed by atoms with Crippen molar-refractivity contribution in [3.8, 4) is 0 Å². The van der Waals surface area contributed by atoms with Crippen LogP contribution in [0.1, 0.15) is 5.56 Å². The molecule has 0 aliphatic heterocycles. The van der Waals surface area contributed by atoms with Crippen LogP contribution >= 0.6 is 0 Å². The molecule has 0 saturated heterocycles. The van der Waals surface area contributed by atoms with Crippen LogP contribution < -0.4 is 3.61 Å². The second-order valence-electron chi connectivity index (χ2n) is 3.11. The first-order chi connectivity index (χ1) is 6.74. The number of hydrogen-bond donors (Lipinski definition) is 0. The maximum absolute atomic E-state index is 8.28. The first-order valence-electron chi connectivity index (χ1n) is 4.18. The van der Waals surface area contributed by atoms with Gasteiger partial charge in [0, 0.05) is 0 Å². The molecular formula is C9H12N4Te. The quantitative estimate of drug-likeness (QED) is 0.358. The van der Waals surface area contributed by atoms with Gasteiger partial charge in [-0.2, -0.15) is 0 Å². The molecule has 0 atom stereocenters. The molecule has 0 bridgehead atoms. The molecule has 1 rings (SSSR count). The molecule has 0 heterocycles. The average molecular weight is 304 g/mol. The van der Waals surface area contributed by atoms with Crippen molar-refractivity contribution in [2.45, 2.75) is 6.54 Å². The predicted molar refractivity (Wildman–Crippen MR) is 58.4 cm³/mol. The molecular weight excluding hydrogens is 292 g/mol. The summed E-state index contributed by atoms with van der Waals surface area (Å²) in [7, 11) is 4.07. The van der Waals surface area contributed by atoms with Crippen LogP contribution in [0.25, 0.3) is 10.4 Å². The van der Waals surface area contributed by atoms with E-state index in [2.05, 4.69) is 25.3 Å². The summed E-state index contributed by atoms with van der Waals surface area (Å²) < 4.78 is 4.93. The van der Waals surface area contributed by atoms with E-state index in [9.17, 15) is 0 Å². The summed E-state index contributed by atoms with van der Waals surface area (Å²) in [6.45, 7) is 0.905. The Morgan fingerprint density at radius 3 is 2.79 bits per heavy atom. The Balaban J connectivity index is 2.84. The first-order valence-corrected chi connectivity index (χ1v) is 6.39. The van der Waals surface area contributed by atoms with Gasteiger partial charge < -0.3 is 0 Å². The van der Waals surface area contributed by atoms with Crippen molar-refractivity contribution in [1.29, 1.82) is 0 Å². The van der Waals surface area contributed by atoms with E-state index in [1.807, 2.05) is 26.2 Å². The Hall–Kier alpha value is -0.720. The molecule has 74 valence electrons. The van der Waals surface area contributed by atoms with Gasteiger partial charge in [0.25, 0.3) is 0 Å². The van der Waals surface area contributed by atoms with Gasteiger partial charge in [-0.05, 0) is 0 Å². The normalized spacial score (nSPS) is 9.93. The van der Waals surface area contributed by atoms with Gasteiger partial charge in [-0.1, -0.05) is 0 Å². The number of hydrogen-bond acceptors (Lipinski definition) is 2. The Labute approximate surface area is 94.0 Å². The van der Waals surface area contributed by atoms with Crippen molar-refractivity contribution >= 4 is 24.8 Å². The number of rotatable bonds is 4. The molecule has 0 unspecified atom stereocenters. The van der Waals surface area contributed by atoms with E-state index in [0.717, 1.165) is 6.54 Å². The molecule has 0 aliphatic carbocycles. The third-order valence-electron chi connectivity index (χ3n) is 1.63. The van der Waals surface area contributed by atoms with Crippen molar-refractivity contribution in [1.82, 2.24) is 4.90 Å². The van der Waals surface area contributed by atoms with E-state index in [1.54, 1.807) is 0 Å². The summed E-state index contributed by atoms with van der Waals surface area (Å²) in [6, 6.07) is 8.15. The minimum atomic E-state index is -0.723. The fourth-order valence-corrected chi connectivity index (χ4v) is 2.59. The van der Waals surface area contributed by atoms with E-state index in [0.29, 0.717) is 0 Å². The van der Waals surface area contributed by atoms with Gasteiger partial charge in [-0.15, -0.1) is 0 Å². The zero-order chi connectivity index (χ0) is 10.4. The molecule has 0 N–H and O–H groups in total. The molecule has 0 aliphatic rings. The molecule has 0 fully saturated rings. The monoisotopic (exact) mass is 306 g/mol. The fraction of sp³-hybridized carbons (Fsp3) is 0.333. The Kier molecular flexibility index (Phi) is 4.78. The summed E-state index contributed by atoms with van der Waals surface area (Å²) in [5, 5.41) is 0. The molecule has 0 aromatic heterocycles. The van der Waals surface area contributed by atoms with Crippen LogP contribution in [0, 0.1) is 0 Å². The zero-order valence-electron chi connectivity index (χ0n) is 8.21. The van der Waals surface area contributed by atoms with Gasteiger partial charge in [-0.25, -0.2) is 0 Å². The minimum absolute atomic E-state index is 0.723. The summed E-state index contributed by atoms with van der Waals surface area (Å²) in [6.07, 6.45) is 0. The summed E-state index contributed by atoms with van der Waals surface area (Å²) >= 11 is -0.723. The predicted octanol–water partition coefficient (Wildman–Crippen LogP) is 1.30. The van der Waals surface area contributed by atoms with Crippen LogP contribution in [0.3, 0.4) is 0 Å². The van der Waals surface area contributed by atoms with Crippen molar-refractivity contribution in [2.75, 3.05) is 14.1 Å². The molecule has 5 heteroatoms. The van der Waals surface area contributed by atoms with Gasteiger partial charge >= 0.3 is 94.0 Å². The summed E-state index contributed by atoms with van der Waals surface area (Å²) in [4.78, 5) is 4.93. The van der Waals surface area contributed by atoms with Crippen molar-refractivity contribution in [2.24, 2.45) is 3.36 Å². The first kappa shape index (κ1) is 11.4. The molecule has 14 heavy (non-hydrogen) atoms. The van der Waals surface area contributed by atoms with Crippen LogP contribution in [0.15, 0.2) is 27.6 Å². The number of benzene rings is 1. The van der Waals surface area contributed by atoms with Gasteiger partial charge in [-0.3, -0.25) is 0 Å². The molecule has 0 radical (unpaired) electrons. The Morgan fingerprint density at radius 1 is 1.43 bits per heavy atom. The molecule has 1 aromatic rings. The van der Waals surface area contributed by atoms with Crippen molar-refractivity contribution < 1.29 is 0 Å². The summed E-state index contributed by atoms with van der Waals surface area (Å²) in [5.41, 5.74) is 9.55. The fourth-order valence-electron chi connectivity index (χ4n) is 1.13. The van der Waals surface area contributed by atoms with Crippen molar-refractivity contribution in [3.63, 3.8) is 0 Å². The second kappa shape index (κ2) is 5.90. The van der Waals surface area contributed by atoms with Crippen LogP contribution in [-0.4, -0.2) is 40.2 Å². The SMILES string of the molecule is CN(C)Cc1ccccc1[Te]N=[N+]=[N-]. The van der Waals surface area contributed by atoms with E-state index in [1.165, 1.54) is 9.17 Å². The van der Waals surface area contributed by atoms with E-state index in [4.69, 9.17) is 5.53 Å². The van der Waals surface area contributed by atoms with E-state index < -0.39 is 21.2 Å². The summed E-state index contributed by atoms with van der Waals surface area (Å²) in [5.74, 6) is 0. The molecule has 4 nitrogen and oxygen atoms in total. The van der Waals surface area contributed by atoms with Crippen LogP contribution in [0.4, 0.5) is 0 Å². The standard InChI is InChI=1S/C9H12N4Te/c1-13(2)7-8-5-3-4-6-9(8)14-12-11-10/h3-6H,7H2,1-2H3. The van der Waals surface area contributed by atoms with Gasteiger partial charge in [0.2, 0.25) is 0 Å². The van der Waals surface area contributed by atoms with Gasteiger partial charge in [0.1, 0.15) is 0 Å². The average Bonchev–Trinajstić information content (AvgIpc) is 2.16. The third-order valence-corrected chi connectivity index (χ3v) is 3.77. The van der Waals surface area contributed by atoms with Gasteiger partial charge in [0.15, 0.2) is 0 Å². The van der Waals surface area contributed by atoms with Gasteiger partial charge in [0.05, 0.1) is 0 Å². The molecule has 1 aromatic carbocycles.